The normalized spacial score (nSPS) is 29.1. The number of phenols is 2. The molecule has 8 nitrogen and oxygen atoms in total. The Morgan fingerprint density at radius 2 is 1.07 bits per heavy atom. The third kappa shape index (κ3) is 3.26. The summed E-state index contributed by atoms with van der Waals surface area (Å²) in [5.74, 6) is 0.205. The van der Waals surface area contributed by atoms with E-state index in [2.05, 4.69) is 10.6 Å². The molecule has 0 radical (unpaired) electrons. The minimum atomic E-state index is -0.358. The number of hydrogen-bond donors (Lipinski definition) is 6. The molecule has 6 atom stereocenters. The van der Waals surface area contributed by atoms with Crippen molar-refractivity contribution in [3.8, 4) is 22.6 Å². The molecule has 0 saturated carbocycles. The van der Waals surface area contributed by atoms with E-state index in [1.165, 1.54) is 0 Å². The standard InChI is InChI=1S/C32H30N4O4/c37-27-21(29-33-31(39)23-11-5-13-35(23)29)15-17-7-1-3-9-19(17)25(27)26-20-10-4-2-8-18(20)16-22(28(26)38)30-34-32(40)24-12-6-14-36(24)30/h1-4,7-10,15-16,23-24,29-30,37-38H,5-6,11-14H2,(H,33,39)(H,34,40)/p+2/t23-,24-,29+,30+/m0/s1. The summed E-state index contributed by atoms with van der Waals surface area (Å²) >= 11 is 0. The van der Waals surface area contributed by atoms with Gasteiger partial charge in [-0.3, -0.25) is 20.2 Å². The summed E-state index contributed by atoms with van der Waals surface area (Å²) < 4.78 is 0. The fourth-order valence-electron chi connectivity index (χ4n) is 7.92. The van der Waals surface area contributed by atoms with Crippen molar-refractivity contribution in [2.45, 2.75) is 50.1 Å². The Labute approximate surface area is 231 Å². The molecule has 0 bridgehead atoms. The van der Waals surface area contributed by atoms with Crippen LogP contribution >= 0.6 is 0 Å². The number of quaternary nitrogens is 2. The lowest BCUT2D eigenvalue weighted by atomic mass is 9.87. The highest BCUT2D eigenvalue weighted by atomic mass is 16.3. The van der Waals surface area contributed by atoms with Crippen molar-refractivity contribution in [1.29, 1.82) is 0 Å². The van der Waals surface area contributed by atoms with Crippen LogP contribution in [0.25, 0.3) is 32.7 Å². The number of benzene rings is 4. The van der Waals surface area contributed by atoms with E-state index in [9.17, 15) is 19.8 Å². The van der Waals surface area contributed by atoms with E-state index < -0.39 is 0 Å². The number of carbonyl (C=O) groups is 2. The summed E-state index contributed by atoms with van der Waals surface area (Å²) in [6, 6.07) is 19.5. The number of aromatic hydroxyl groups is 2. The fourth-order valence-corrected chi connectivity index (χ4v) is 7.92. The topological polar surface area (TPSA) is 108 Å². The molecule has 0 aromatic heterocycles. The van der Waals surface area contributed by atoms with Crippen LogP contribution < -0.4 is 20.4 Å². The molecule has 8 rings (SSSR count). The second-order valence-electron chi connectivity index (χ2n) is 11.7. The van der Waals surface area contributed by atoms with Gasteiger partial charge >= 0.3 is 0 Å². The predicted molar refractivity (Wildman–Crippen MR) is 150 cm³/mol. The first-order valence-corrected chi connectivity index (χ1v) is 14.3. The van der Waals surface area contributed by atoms with Crippen molar-refractivity contribution in [3.63, 3.8) is 0 Å². The van der Waals surface area contributed by atoms with Gasteiger partial charge in [0.15, 0.2) is 24.4 Å². The molecule has 40 heavy (non-hydrogen) atoms. The average molecular weight is 537 g/mol. The fraction of sp³-hybridized carbons (Fsp3) is 0.312. The molecular formula is C32H32N4O4+2. The summed E-state index contributed by atoms with van der Waals surface area (Å²) in [7, 11) is 0. The van der Waals surface area contributed by atoms with Crippen LogP contribution in [-0.2, 0) is 9.59 Å². The first kappa shape index (κ1) is 23.7. The lowest BCUT2D eigenvalue weighted by molar-refractivity contribution is -0.927. The van der Waals surface area contributed by atoms with Gasteiger partial charge < -0.3 is 20.0 Å². The Morgan fingerprint density at radius 1 is 0.650 bits per heavy atom. The zero-order chi connectivity index (χ0) is 27.1. The molecule has 2 amide bonds. The number of nitrogens with one attached hydrogen (secondary N) is 4. The molecule has 4 aliphatic rings. The molecule has 6 N–H and O–H groups in total. The van der Waals surface area contributed by atoms with Gasteiger partial charge in [-0.25, -0.2) is 0 Å². The summed E-state index contributed by atoms with van der Waals surface area (Å²) in [6.07, 6.45) is 2.93. The lowest BCUT2D eigenvalue weighted by Crippen LogP contribution is -3.12. The Hall–Kier alpha value is -4.14. The van der Waals surface area contributed by atoms with Crippen molar-refractivity contribution in [2.24, 2.45) is 0 Å². The van der Waals surface area contributed by atoms with Crippen molar-refractivity contribution < 1.29 is 29.6 Å². The Bertz CT molecular complexity index is 1610. The zero-order valence-corrected chi connectivity index (χ0v) is 22.0. The number of fused-ring (bicyclic) bond motifs is 4. The maximum Gasteiger partial charge on any atom is 0.283 e. The van der Waals surface area contributed by atoms with Crippen LogP contribution in [-0.4, -0.2) is 47.2 Å². The van der Waals surface area contributed by atoms with Crippen LogP contribution in [0.1, 0.15) is 49.1 Å². The molecule has 8 heteroatoms. The van der Waals surface area contributed by atoms with Gasteiger partial charge in [0.25, 0.3) is 11.8 Å². The summed E-state index contributed by atoms with van der Waals surface area (Å²) in [4.78, 5) is 27.9. The third-order valence-electron chi connectivity index (χ3n) is 9.73. The van der Waals surface area contributed by atoms with Crippen LogP contribution in [0.5, 0.6) is 11.5 Å². The van der Waals surface area contributed by atoms with Crippen LogP contribution in [0.2, 0.25) is 0 Å². The highest BCUT2D eigenvalue weighted by Gasteiger charge is 2.50. The van der Waals surface area contributed by atoms with Crippen molar-refractivity contribution in [3.05, 3.63) is 71.8 Å². The minimum absolute atomic E-state index is 0.0296. The molecule has 4 aromatic rings. The Balaban J connectivity index is 1.40. The van der Waals surface area contributed by atoms with Crippen LogP contribution in [0.15, 0.2) is 60.7 Å². The van der Waals surface area contributed by atoms with Gasteiger partial charge in [0.1, 0.15) is 11.5 Å². The van der Waals surface area contributed by atoms with Crippen molar-refractivity contribution in [2.75, 3.05) is 13.1 Å². The largest absolute Gasteiger partial charge is 0.507 e. The smallest absolute Gasteiger partial charge is 0.283 e. The molecule has 2 unspecified atom stereocenters. The van der Waals surface area contributed by atoms with Gasteiger partial charge in [0.2, 0.25) is 0 Å². The number of hydrogen-bond acceptors (Lipinski definition) is 4. The van der Waals surface area contributed by atoms with E-state index in [4.69, 9.17) is 0 Å². The van der Waals surface area contributed by atoms with E-state index in [1.807, 2.05) is 60.7 Å². The van der Waals surface area contributed by atoms with E-state index in [0.717, 1.165) is 70.1 Å². The van der Waals surface area contributed by atoms with Gasteiger partial charge in [-0.1, -0.05) is 48.5 Å². The molecule has 4 heterocycles. The lowest BCUT2D eigenvalue weighted by Gasteiger charge is -2.25. The van der Waals surface area contributed by atoms with E-state index in [0.29, 0.717) is 22.3 Å². The molecule has 0 spiro atoms. The first-order valence-electron chi connectivity index (χ1n) is 14.3. The number of rotatable bonds is 3. The summed E-state index contributed by atoms with van der Waals surface area (Å²) in [6.45, 7) is 1.72. The maximum atomic E-state index is 12.8. The highest BCUT2D eigenvalue weighted by molar-refractivity contribution is 6.10. The summed E-state index contributed by atoms with van der Waals surface area (Å²) in [5.41, 5.74) is 2.43. The van der Waals surface area contributed by atoms with Gasteiger partial charge in [-0.2, -0.15) is 0 Å². The van der Waals surface area contributed by atoms with E-state index in [-0.39, 0.29) is 47.7 Å². The molecular weight excluding hydrogens is 504 g/mol. The van der Waals surface area contributed by atoms with Crippen LogP contribution in [0, 0.1) is 0 Å². The van der Waals surface area contributed by atoms with Crippen molar-refractivity contribution in [1.82, 2.24) is 10.6 Å². The van der Waals surface area contributed by atoms with Gasteiger partial charge in [-0.05, 0) is 33.7 Å². The second-order valence-corrected chi connectivity index (χ2v) is 11.7. The number of phenolic OH excluding ortho intramolecular Hbond substituents is 2. The molecule has 4 fully saturated rings. The monoisotopic (exact) mass is 536 g/mol. The second kappa shape index (κ2) is 8.68. The van der Waals surface area contributed by atoms with E-state index >= 15 is 0 Å². The van der Waals surface area contributed by atoms with Gasteiger partial charge in [-0.15, -0.1) is 0 Å². The molecule has 4 saturated heterocycles. The molecule has 0 aliphatic carbocycles. The van der Waals surface area contributed by atoms with Crippen LogP contribution in [0.4, 0.5) is 0 Å². The number of carbonyl (C=O) groups excluding carboxylic acids is 2. The van der Waals surface area contributed by atoms with Crippen LogP contribution in [0.3, 0.4) is 0 Å². The first-order chi connectivity index (χ1) is 19.5. The quantitative estimate of drug-likeness (QED) is 0.238. The minimum Gasteiger partial charge on any atom is -0.507 e. The van der Waals surface area contributed by atoms with E-state index in [1.54, 1.807) is 0 Å². The maximum absolute atomic E-state index is 12.8. The summed E-state index contributed by atoms with van der Waals surface area (Å²) in [5, 5.41) is 34.0. The molecule has 4 aromatic carbocycles. The highest BCUT2D eigenvalue weighted by Crippen LogP contribution is 2.49. The molecule has 202 valence electrons. The predicted octanol–water partition coefficient (Wildman–Crippen LogP) is 1.42. The zero-order valence-electron chi connectivity index (χ0n) is 22.0. The average Bonchev–Trinajstić information content (AvgIpc) is 3.74. The SMILES string of the molecule is O=C1N[C@@H](c2cc3ccccc3c(-c3c(O)c([C@@H]4NC(=O)[C@@H]5CCC[NH+]54)cc4ccccc34)c2O)[NH+]2CCC[C@@H]12. The third-order valence-corrected chi connectivity index (χ3v) is 9.73. The van der Waals surface area contributed by atoms with Gasteiger partial charge in [0.05, 0.1) is 24.2 Å². The number of amides is 2. The Kier molecular flexibility index (Phi) is 5.15. The Morgan fingerprint density at radius 3 is 1.52 bits per heavy atom. The molecule has 4 aliphatic heterocycles. The van der Waals surface area contributed by atoms with Crippen molar-refractivity contribution >= 4 is 33.4 Å². The van der Waals surface area contributed by atoms with Gasteiger partial charge in [0, 0.05) is 36.8 Å².